The van der Waals surface area contributed by atoms with Crippen LogP contribution in [-0.2, 0) is 9.53 Å². The summed E-state index contributed by atoms with van der Waals surface area (Å²) >= 11 is 0. The van der Waals surface area contributed by atoms with Crippen molar-refractivity contribution in [2.45, 2.75) is 26.3 Å². The lowest BCUT2D eigenvalue weighted by atomic mass is 10.1. The molecule has 0 saturated carbocycles. The van der Waals surface area contributed by atoms with E-state index in [-0.39, 0.29) is 24.5 Å². The first-order valence-electron chi connectivity index (χ1n) is 8.45. The molecule has 0 radical (unpaired) electrons. The van der Waals surface area contributed by atoms with Crippen molar-refractivity contribution in [3.05, 3.63) is 65.7 Å². The topological polar surface area (TPSA) is 67.4 Å². The van der Waals surface area contributed by atoms with Gasteiger partial charge >= 0.3 is 5.97 Å². The van der Waals surface area contributed by atoms with Crippen LogP contribution in [0.15, 0.2) is 54.6 Å². The summed E-state index contributed by atoms with van der Waals surface area (Å²) in [6, 6.07) is 16.6. The average molecular weight is 340 g/mol. The molecule has 0 aliphatic heterocycles. The zero-order valence-electron chi connectivity index (χ0n) is 14.6. The van der Waals surface area contributed by atoms with E-state index in [9.17, 15) is 9.59 Å². The third kappa shape index (κ3) is 5.95. The van der Waals surface area contributed by atoms with Crippen molar-refractivity contribution in [2.24, 2.45) is 0 Å². The third-order valence-electron chi connectivity index (χ3n) is 3.69. The van der Waals surface area contributed by atoms with Gasteiger partial charge in [-0.25, -0.2) is 4.79 Å². The second kappa shape index (κ2) is 9.47. The van der Waals surface area contributed by atoms with Gasteiger partial charge in [0.15, 0.2) is 0 Å². The molecule has 0 aliphatic rings. The van der Waals surface area contributed by atoms with E-state index in [0.29, 0.717) is 12.2 Å². The molecule has 0 fully saturated rings. The van der Waals surface area contributed by atoms with Gasteiger partial charge in [-0.2, -0.15) is 0 Å². The van der Waals surface area contributed by atoms with E-state index in [0.717, 1.165) is 17.7 Å². The number of ether oxygens (including phenoxy) is 1. The minimum Gasteiger partial charge on any atom is -0.462 e. The van der Waals surface area contributed by atoms with Crippen molar-refractivity contribution in [2.75, 3.05) is 18.5 Å². The molecule has 0 spiro atoms. The molecule has 0 heterocycles. The Morgan fingerprint density at radius 1 is 1.04 bits per heavy atom. The number of anilines is 1. The Morgan fingerprint density at radius 3 is 2.36 bits per heavy atom. The van der Waals surface area contributed by atoms with Gasteiger partial charge < -0.3 is 15.4 Å². The van der Waals surface area contributed by atoms with E-state index in [1.807, 2.05) is 44.2 Å². The van der Waals surface area contributed by atoms with Gasteiger partial charge in [-0.1, -0.05) is 37.3 Å². The van der Waals surface area contributed by atoms with Gasteiger partial charge in [0.25, 0.3) is 0 Å². The van der Waals surface area contributed by atoms with Crippen LogP contribution in [0.1, 0.15) is 42.2 Å². The van der Waals surface area contributed by atoms with Crippen molar-refractivity contribution >= 4 is 17.6 Å². The van der Waals surface area contributed by atoms with Crippen LogP contribution in [0.5, 0.6) is 0 Å². The molecule has 25 heavy (non-hydrogen) atoms. The number of benzene rings is 2. The molecule has 2 aromatic carbocycles. The van der Waals surface area contributed by atoms with Gasteiger partial charge in [0, 0.05) is 5.69 Å². The number of esters is 1. The van der Waals surface area contributed by atoms with Crippen LogP contribution < -0.4 is 10.6 Å². The minimum absolute atomic E-state index is 0.0498. The van der Waals surface area contributed by atoms with Gasteiger partial charge in [0.1, 0.15) is 0 Å². The lowest BCUT2D eigenvalue weighted by Gasteiger charge is -2.15. The molecule has 132 valence electrons. The summed E-state index contributed by atoms with van der Waals surface area (Å²) < 4.78 is 5.08. The third-order valence-corrected chi connectivity index (χ3v) is 3.69. The average Bonchev–Trinajstić information content (AvgIpc) is 2.65. The first-order valence-corrected chi connectivity index (χ1v) is 8.45. The first kappa shape index (κ1) is 18.5. The lowest BCUT2D eigenvalue weighted by Crippen LogP contribution is -2.32. The van der Waals surface area contributed by atoms with Crippen LogP contribution in [0.4, 0.5) is 5.69 Å². The zero-order chi connectivity index (χ0) is 18.1. The van der Waals surface area contributed by atoms with Crippen LogP contribution in [0.25, 0.3) is 0 Å². The van der Waals surface area contributed by atoms with Gasteiger partial charge in [-0.15, -0.1) is 0 Å². The highest BCUT2D eigenvalue weighted by Crippen LogP contribution is 2.12. The number of rotatable bonds is 8. The molecule has 0 saturated heterocycles. The zero-order valence-corrected chi connectivity index (χ0v) is 14.6. The number of carbonyl (C=O) groups is 2. The molecule has 5 nitrogen and oxygen atoms in total. The van der Waals surface area contributed by atoms with E-state index in [4.69, 9.17) is 4.74 Å². The Hall–Kier alpha value is -2.82. The molecule has 5 heteroatoms. The number of amides is 1. The summed E-state index contributed by atoms with van der Waals surface area (Å²) in [5.41, 5.74) is 2.33. The van der Waals surface area contributed by atoms with E-state index < -0.39 is 0 Å². The Kier molecular flexibility index (Phi) is 7.01. The SMILES string of the molecule is CCCOC(=O)c1ccc(NCC(=O)NC(C)c2ccccc2)cc1. The molecule has 1 amide bonds. The fourth-order valence-corrected chi connectivity index (χ4v) is 2.30. The maximum absolute atomic E-state index is 12.0. The standard InChI is InChI=1S/C20H24N2O3/c1-3-13-25-20(24)17-9-11-18(12-10-17)21-14-19(23)22-15(2)16-7-5-4-6-8-16/h4-12,15,21H,3,13-14H2,1-2H3,(H,22,23). The first-order chi connectivity index (χ1) is 12.1. The highest BCUT2D eigenvalue weighted by Gasteiger charge is 2.09. The van der Waals surface area contributed by atoms with Crippen LogP contribution >= 0.6 is 0 Å². The lowest BCUT2D eigenvalue weighted by molar-refractivity contribution is -0.120. The predicted molar refractivity (Wildman–Crippen MR) is 98.5 cm³/mol. The highest BCUT2D eigenvalue weighted by atomic mass is 16.5. The number of hydrogen-bond donors (Lipinski definition) is 2. The van der Waals surface area contributed by atoms with Crippen molar-refractivity contribution in [1.82, 2.24) is 5.32 Å². The highest BCUT2D eigenvalue weighted by molar-refractivity contribution is 5.90. The molecule has 0 bridgehead atoms. The summed E-state index contributed by atoms with van der Waals surface area (Å²) in [4.78, 5) is 23.8. The van der Waals surface area contributed by atoms with E-state index >= 15 is 0 Å². The quantitative estimate of drug-likeness (QED) is 0.721. The molecule has 0 aromatic heterocycles. The summed E-state index contributed by atoms with van der Waals surface area (Å²) in [6.07, 6.45) is 0.794. The molecule has 1 unspecified atom stereocenters. The molecular weight excluding hydrogens is 316 g/mol. The maximum Gasteiger partial charge on any atom is 0.338 e. The van der Waals surface area contributed by atoms with Crippen LogP contribution in [0, 0.1) is 0 Å². The molecular formula is C20H24N2O3. The van der Waals surface area contributed by atoms with Gasteiger partial charge in [-0.05, 0) is 43.2 Å². The van der Waals surface area contributed by atoms with E-state index in [2.05, 4.69) is 10.6 Å². The van der Waals surface area contributed by atoms with Crippen LogP contribution in [0.3, 0.4) is 0 Å². The second-order valence-electron chi connectivity index (χ2n) is 5.77. The van der Waals surface area contributed by atoms with E-state index in [1.54, 1.807) is 24.3 Å². The fourth-order valence-electron chi connectivity index (χ4n) is 2.30. The van der Waals surface area contributed by atoms with Crippen molar-refractivity contribution in [3.63, 3.8) is 0 Å². The van der Waals surface area contributed by atoms with Crippen LogP contribution in [-0.4, -0.2) is 25.0 Å². The van der Waals surface area contributed by atoms with Crippen LogP contribution in [0.2, 0.25) is 0 Å². The molecule has 2 rings (SSSR count). The summed E-state index contributed by atoms with van der Waals surface area (Å²) in [7, 11) is 0. The number of nitrogens with one attached hydrogen (secondary N) is 2. The van der Waals surface area contributed by atoms with Gasteiger partial charge in [-0.3, -0.25) is 4.79 Å². The van der Waals surface area contributed by atoms with Crippen molar-refractivity contribution in [1.29, 1.82) is 0 Å². The molecule has 0 aliphatic carbocycles. The minimum atomic E-state index is -0.331. The molecule has 1 atom stereocenters. The van der Waals surface area contributed by atoms with Gasteiger partial charge in [0.2, 0.25) is 5.91 Å². The smallest absolute Gasteiger partial charge is 0.338 e. The van der Waals surface area contributed by atoms with Crippen molar-refractivity contribution < 1.29 is 14.3 Å². The number of hydrogen-bond acceptors (Lipinski definition) is 4. The van der Waals surface area contributed by atoms with E-state index in [1.165, 1.54) is 0 Å². The summed E-state index contributed by atoms with van der Waals surface area (Å²) in [6.45, 7) is 4.48. The fraction of sp³-hybridized carbons (Fsp3) is 0.300. The maximum atomic E-state index is 12.0. The second-order valence-corrected chi connectivity index (χ2v) is 5.77. The van der Waals surface area contributed by atoms with Gasteiger partial charge in [0.05, 0.1) is 24.8 Å². The Bertz CT molecular complexity index is 684. The molecule has 2 N–H and O–H groups in total. The number of carbonyl (C=O) groups excluding carboxylic acids is 2. The summed E-state index contributed by atoms with van der Waals surface area (Å²) in [5, 5.41) is 5.99. The van der Waals surface area contributed by atoms with Crippen molar-refractivity contribution in [3.8, 4) is 0 Å². The predicted octanol–water partition coefficient (Wildman–Crippen LogP) is 3.54. The largest absolute Gasteiger partial charge is 0.462 e. The normalized spacial score (nSPS) is 11.4. The monoisotopic (exact) mass is 340 g/mol. The Labute approximate surface area is 148 Å². The Balaban J connectivity index is 1.80. The summed E-state index contributed by atoms with van der Waals surface area (Å²) in [5.74, 6) is -0.425. The molecule has 2 aromatic rings. The Morgan fingerprint density at radius 2 is 1.72 bits per heavy atom.